The molecular weight excluding hydrogens is 175 g/mol. The van der Waals surface area contributed by atoms with Gasteiger partial charge in [-0.05, 0) is 23.8 Å². The summed E-state index contributed by atoms with van der Waals surface area (Å²) in [5, 5.41) is 1.47. The Balaban J connectivity index is 2.36. The van der Waals surface area contributed by atoms with Crippen molar-refractivity contribution in [2.45, 2.75) is 25.4 Å². The van der Waals surface area contributed by atoms with E-state index in [0.29, 0.717) is 0 Å². The van der Waals surface area contributed by atoms with Crippen LogP contribution in [0, 0.1) is 0 Å². The molecule has 0 aliphatic heterocycles. The normalized spacial score (nSPS) is 13.3. The highest BCUT2D eigenvalue weighted by molar-refractivity contribution is 7.47. The minimum atomic E-state index is 0.792. The average molecular weight is 192 g/mol. The molecule has 0 aliphatic rings. The lowest BCUT2D eigenvalue weighted by atomic mass is 10.2. The fraction of sp³-hybridized carbons (Fsp3) is 0.333. The number of hydrogen-bond acceptors (Lipinski definition) is 0. The van der Waals surface area contributed by atoms with Gasteiger partial charge >= 0.3 is 0 Å². The van der Waals surface area contributed by atoms with Gasteiger partial charge in [0.1, 0.15) is 0 Å². The van der Waals surface area contributed by atoms with Crippen LogP contribution in [0.15, 0.2) is 43.0 Å². The van der Waals surface area contributed by atoms with Gasteiger partial charge in [-0.1, -0.05) is 51.9 Å². The maximum absolute atomic E-state index is 3.74. The van der Waals surface area contributed by atoms with Crippen molar-refractivity contribution in [2.24, 2.45) is 0 Å². The molecule has 0 amide bonds. The van der Waals surface area contributed by atoms with Gasteiger partial charge < -0.3 is 0 Å². The Morgan fingerprint density at radius 3 is 2.69 bits per heavy atom. The minimum Gasteiger partial charge on any atom is -0.103 e. The maximum atomic E-state index is 3.74. The van der Waals surface area contributed by atoms with E-state index in [1.807, 2.05) is 6.08 Å². The van der Waals surface area contributed by atoms with E-state index >= 15 is 0 Å². The Morgan fingerprint density at radius 1 is 1.38 bits per heavy atom. The number of benzene rings is 1. The van der Waals surface area contributed by atoms with Crippen molar-refractivity contribution in [3.8, 4) is 0 Å². The van der Waals surface area contributed by atoms with E-state index in [9.17, 15) is 0 Å². The molecule has 70 valence electrons. The molecule has 0 bridgehead atoms. The Hall–Kier alpha value is -0.610. The lowest BCUT2D eigenvalue weighted by Crippen LogP contribution is -2.01. The summed E-state index contributed by atoms with van der Waals surface area (Å²) in [7, 11) is 0.940. The Kier molecular flexibility index (Phi) is 4.78. The quantitative estimate of drug-likeness (QED) is 0.495. The monoisotopic (exact) mass is 192 g/mol. The lowest BCUT2D eigenvalue weighted by Gasteiger charge is -2.09. The molecule has 0 aliphatic carbocycles. The first kappa shape index (κ1) is 10.5. The van der Waals surface area contributed by atoms with Crippen molar-refractivity contribution < 1.29 is 0 Å². The lowest BCUT2D eigenvalue weighted by molar-refractivity contribution is 0.831. The predicted molar refractivity (Wildman–Crippen MR) is 63.3 cm³/mol. The van der Waals surface area contributed by atoms with Crippen LogP contribution in [-0.4, -0.2) is 5.66 Å². The number of rotatable bonds is 5. The van der Waals surface area contributed by atoms with E-state index in [-0.39, 0.29) is 0 Å². The topological polar surface area (TPSA) is 0 Å². The van der Waals surface area contributed by atoms with Gasteiger partial charge in [0.2, 0.25) is 0 Å². The molecule has 0 aromatic heterocycles. The molecule has 1 aromatic rings. The smallest absolute Gasteiger partial charge is 0.0222 e. The summed E-state index contributed by atoms with van der Waals surface area (Å²) in [6.07, 6.45) is 4.41. The van der Waals surface area contributed by atoms with Crippen LogP contribution in [0.4, 0.5) is 0 Å². The van der Waals surface area contributed by atoms with Gasteiger partial charge in [0.05, 0.1) is 0 Å². The number of hydrogen-bond donors (Lipinski definition) is 0. The SMILES string of the molecule is C=CCCC(C)Pc1ccccc1. The van der Waals surface area contributed by atoms with Crippen molar-refractivity contribution in [2.75, 3.05) is 0 Å². The minimum absolute atomic E-state index is 0.792. The van der Waals surface area contributed by atoms with E-state index in [2.05, 4.69) is 43.8 Å². The van der Waals surface area contributed by atoms with E-state index in [1.54, 1.807) is 0 Å². The number of allylic oxidation sites excluding steroid dienone is 1. The standard InChI is InChI=1S/C12H17P/c1-3-4-8-11(2)13-12-9-6-5-7-10-12/h3,5-7,9-11,13H,1,4,8H2,2H3. The van der Waals surface area contributed by atoms with Gasteiger partial charge in [-0.25, -0.2) is 0 Å². The molecular formula is C12H17P. The molecule has 13 heavy (non-hydrogen) atoms. The van der Waals surface area contributed by atoms with Crippen LogP contribution in [0.3, 0.4) is 0 Å². The van der Waals surface area contributed by atoms with Gasteiger partial charge in [0, 0.05) is 0 Å². The summed E-state index contributed by atoms with van der Waals surface area (Å²) in [6.45, 7) is 6.06. The molecule has 0 radical (unpaired) electrons. The Morgan fingerprint density at radius 2 is 2.08 bits per heavy atom. The van der Waals surface area contributed by atoms with E-state index in [4.69, 9.17) is 0 Å². The van der Waals surface area contributed by atoms with E-state index < -0.39 is 0 Å². The second-order valence-corrected chi connectivity index (χ2v) is 5.13. The van der Waals surface area contributed by atoms with Crippen molar-refractivity contribution in [1.29, 1.82) is 0 Å². The van der Waals surface area contributed by atoms with E-state index in [1.165, 1.54) is 11.7 Å². The zero-order valence-electron chi connectivity index (χ0n) is 8.16. The molecule has 0 nitrogen and oxygen atoms in total. The van der Waals surface area contributed by atoms with Crippen LogP contribution in [0.5, 0.6) is 0 Å². The zero-order valence-corrected chi connectivity index (χ0v) is 9.16. The zero-order chi connectivity index (χ0) is 9.52. The third kappa shape index (κ3) is 4.24. The highest BCUT2D eigenvalue weighted by Crippen LogP contribution is 2.21. The molecule has 0 heterocycles. The molecule has 0 spiro atoms. The second-order valence-electron chi connectivity index (χ2n) is 3.28. The van der Waals surface area contributed by atoms with Crippen LogP contribution in [-0.2, 0) is 0 Å². The van der Waals surface area contributed by atoms with Gasteiger partial charge in [-0.15, -0.1) is 6.58 Å². The molecule has 0 fully saturated rings. The van der Waals surface area contributed by atoms with Crippen molar-refractivity contribution in [3.05, 3.63) is 43.0 Å². The van der Waals surface area contributed by atoms with Gasteiger partial charge in [-0.2, -0.15) is 0 Å². The summed E-state index contributed by atoms with van der Waals surface area (Å²) in [5.41, 5.74) is 0.792. The fourth-order valence-corrected chi connectivity index (χ4v) is 2.52. The largest absolute Gasteiger partial charge is 0.103 e. The highest BCUT2D eigenvalue weighted by Gasteiger charge is 2.01. The van der Waals surface area contributed by atoms with Crippen molar-refractivity contribution in [3.63, 3.8) is 0 Å². The van der Waals surface area contributed by atoms with Gasteiger partial charge in [-0.3, -0.25) is 0 Å². The molecule has 0 N–H and O–H groups in total. The second kappa shape index (κ2) is 5.94. The summed E-state index contributed by atoms with van der Waals surface area (Å²) in [6, 6.07) is 10.7. The van der Waals surface area contributed by atoms with Crippen LogP contribution >= 0.6 is 8.58 Å². The Bertz CT molecular complexity index is 241. The first-order chi connectivity index (χ1) is 6.33. The maximum Gasteiger partial charge on any atom is -0.0222 e. The first-order valence-corrected chi connectivity index (χ1v) is 5.83. The van der Waals surface area contributed by atoms with Crippen LogP contribution in [0.1, 0.15) is 19.8 Å². The third-order valence-electron chi connectivity index (χ3n) is 1.99. The molecule has 2 atom stereocenters. The van der Waals surface area contributed by atoms with Crippen LogP contribution < -0.4 is 5.30 Å². The average Bonchev–Trinajstić information content (AvgIpc) is 2.16. The van der Waals surface area contributed by atoms with Crippen LogP contribution in [0.25, 0.3) is 0 Å². The fourth-order valence-electron chi connectivity index (χ4n) is 1.26. The highest BCUT2D eigenvalue weighted by atomic mass is 31.1. The molecule has 2 unspecified atom stereocenters. The van der Waals surface area contributed by atoms with Gasteiger partial charge in [0.25, 0.3) is 0 Å². The third-order valence-corrected chi connectivity index (χ3v) is 3.44. The molecule has 1 heteroatoms. The summed E-state index contributed by atoms with van der Waals surface area (Å²) < 4.78 is 0. The molecule has 1 aromatic carbocycles. The van der Waals surface area contributed by atoms with Crippen molar-refractivity contribution >= 4 is 13.9 Å². The molecule has 1 rings (SSSR count). The summed E-state index contributed by atoms with van der Waals surface area (Å²) in [4.78, 5) is 0. The first-order valence-electron chi connectivity index (χ1n) is 4.75. The molecule has 0 saturated carbocycles. The molecule has 0 saturated heterocycles. The van der Waals surface area contributed by atoms with Crippen LogP contribution in [0.2, 0.25) is 0 Å². The van der Waals surface area contributed by atoms with Crippen molar-refractivity contribution in [1.82, 2.24) is 0 Å². The Labute approximate surface area is 82.8 Å². The summed E-state index contributed by atoms with van der Waals surface area (Å²) >= 11 is 0. The predicted octanol–water partition coefficient (Wildman–Crippen LogP) is 3.35. The summed E-state index contributed by atoms with van der Waals surface area (Å²) in [5.74, 6) is 0. The van der Waals surface area contributed by atoms with Gasteiger partial charge in [0.15, 0.2) is 0 Å². The van der Waals surface area contributed by atoms with E-state index in [0.717, 1.165) is 20.7 Å².